The zero-order valence-electron chi connectivity index (χ0n) is 12.0. The number of ketones is 1. The van der Waals surface area contributed by atoms with E-state index in [2.05, 4.69) is 5.10 Å². The maximum Gasteiger partial charge on any atom is 0.190 e. The third kappa shape index (κ3) is 2.52. The molecule has 2 unspecified atom stereocenters. The normalized spacial score (nSPS) is 23.0. The molecular formula is C14H22N2O3. The summed E-state index contributed by atoms with van der Waals surface area (Å²) in [6.07, 6.45) is 3.27. The SMILES string of the molecule is CCC1OCCC1C(=O)c1c(OC)cnn1C(C)C. The fraction of sp³-hybridized carbons (Fsp3) is 0.714. The van der Waals surface area contributed by atoms with Crippen molar-refractivity contribution in [3.8, 4) is 5.75 Å². The molecule has 5 nitrogen and oxygen atoms in total. The summed E-state index contributed by atoms with van der Waals surface area (Å²) in [5, 5.41) is 4.26. The summed E-state index contributed by atoms with van der Waals surface area (Å²) in [7, 11) is 1.57. The molecule has 0 saturated carbocycles. The van der Waals surface area contributed by atoms with Crippen LogP contribution in [-0.4, -0.2) is 35.4 Å². The van der Waals surface area contributed by atoms with Gasteiger partial charge in [-0.1, -0.05) is 6.92 Å². The van der Waals surface area contributed by atoms with Crippen LogP contribution >= 0.6 is 0 Å². The van der Waals surface area contributed by atoms with E-state index in [-0.39, 0.29) is 23.8 Å². The largest absolute Gasteiger partial charge is 0.493 e. The lowest BCUT2D eigenvalue weighted by molar-refractivity contribution is 0.0677. The third-order valence-electron chi connectivity index (χ3n) is 3.65. The van der Waals surface area contributed by atoms with E-state index in [4.69, 9.17) is 9.47 Å². The monoisotopic (exact) mass is 266 g/mol. The van der Waals surface area contributed by atoms with Crippen molar-refractivity contribution in [2.75, 3.05) is 13.7 Å². The molecule has 1 aliphatic rings. The number of carbonyl (C=O) groups is 1. The van der Waals surface area contributed by atoms with E-state index in [1.165, 1.54) is 0 Å². The van der Waals surface area contributed by atoms with E-state index in [1.54, 1.807) is 18.0 Å². The van der Waals surface area contributed by atoms with Gasteiger partial charge in [-0.25, -0.2) is 0 Å². The minimum absolute atomic E-state index is 0.0210. The van der Waals surface area contributed by atoms with Crippen LogP contribution in [0.4, 0.5) is 0 Å². The van der Waals surface area contributed by atoms with Crippen LogP contribution in [0.1, 0.15) is 50.1 Å². The number of hydrogen-bond acceptors (Lipinski definition) is 4. The molecule has 0 spiro atoms. The fourth-order valence-electron chi connectivity index (χ4n) is 2.65. The molecular weight excluding hydrogens is 244 g/mol. The predicted molar refractivity (Wildman–Crippen MR) is 71.6 cm³/mol. The van der Waals surface area contributed by atoms with Gasteiger partial charge < -0.3 is 9.47 Å². The summed E-state index contributed by atoms with van der Waals surface area (Å²) in [6, 6.07) is 0.130. The van der Waals surface area contributed by atoms with E-state index in [0.717, 1.165) is 12.8 Å². The minimum Gasteiger partial charge on any atom is -0.493 e. The Labute approximate surface area is 113 Å². The maximum atomic E-state index is 12.8. The van der Waals surface area contributed by atoms with Gasteiger partial charge in [0.05, 0.1) is 25.3 Å². The second kappa shape index (κ2) is 5.74. The number of rotatable bonds is 5. The Morgan fingerprint density at radius 1 is 1.63 bits per heavy atom. The highest BCUT2D eigenvalue weighted by molar-refractivity contribution is 5.99. The molecule has 1 aromatic heterocycles. The number of aromatic nitrogens is 2. The summed E-state index contributed by atoms with van der Waals surface area (Å²) < 4.78 is 12.6. The van der Waals surface area contributed by atoms with E-state index in [1.807, 2.05) is 20.8 Å². The molecule has 0 aromatic carbocycles. The van der Waals surface area contributed by atoms with Crippen molar-refractivity contribution in [2.24, 2.45) is 5.92 Å². The van der Waals surface area contributed by atoms with Crippen molar-refractivity contribution in [3.63, 3.8) is 0 Å². The lowest BCUT2D eigenvalue weighted by Crippen LogP contribution is -2.27. The van der Waals surface area contributed by atoms with Crippen molar-refractivity contribution in [1.82, 2.24) is 9.78 Å². The van der Waals surface area contributed by atoms with E-state index >= 15 is 0 Å². The smallest absolute Gasteiger partial charge is 0.190 e. The number of ether oxygens (including phenoxy) is 2. The van der Waals surface area contributed by atoms with Crippen molar-refractivity contribution < 1.29 is 14.3 Å². The lowest BCUT2D eigenvalue weighted by atomic mass is 9.92. The molecule has 0 bridgehead atoms. The Kier molecular flexibility index (Phi) is 4.24. The Hall–Kier alpha value is -1.36. The van der Waals surface area contributed by atoms with Crippen LogP contribution in [0.5, 0.6) is 5.75 Å². The van der Waals surface area contributed by atoms with Crippen LogP contribution in [0.3, 0.4) is 0 Å². The van der Waals surface area contributed by atoms with Crippen LogP contribution in [0.25, 0.3) is 0 Å². The van der Waals surface area contributed by atoms with Gasteiger partial charge in [0, 0.05) is 12.6 Å². The number of hydrogen-bond donors (Lipinski definition) is 0. The molecule has 5 heteroatoms. The summed E-state index contributed by atoms with van der Waals surface area (Å²) in [4.78, 5) is 12.8. The van der Waals surface area contributed by atoms with Gasteiger partial charge in [-0.15, -0.1) is 0 Å². The van der Waals surface area contributed by atoms with Crippen LogP contribution in [-0.2, 0) is 4.74 Å². The van der Waals surface area contributed by atoms with Gasteiger partial charge in [0.2, 0.25) is 0 Å². The average molecular weight is 266 g/mol. The van der Waals surface area contributed by atoms with E-state index in [9.17, 15) is 4.79 Å². The molecule has 106 valence electrons. The summed E-state index contributed by atoms with van der Waals surface area (Å²) in [5.41, 5.74) is 0.575. The Morgan fingerprint density at radius 2 is 2.37 bits per heavy atom. The highest BCUT2D eigenvalue weighted by Crippen LogP contribution is 2.31. The van der Waals surface area contributed by atoms with Gasteiger partial charge in [0.15, 0.2) is 11.5 Å². The summed E-state index contributed by atoms with van der Waals surface area (Å²) >= 11 is 0. The fourth-order valence-corrected chi connectivity index (χ4v) is 2.65. The molecule has 2 rings (SSSR count). The quantitative estimate of drug-likeness (QED) is 0.768. The molecule has 19 heavy (non-hydrogen) atoms. The van der Waals surface area contributed by atoms with Crippen LogP contribution in [0.2, 0.25) is 0 Å². The first-order valence-electron chi connectivity index (χ1n) is 6.87. The highest BCUT2D eigenvalue weighted by atomic mass is 16.5. The zero-order valence-corrected chi connectivity index (χ0v) is 12.0. The van der Waals surface area contributed by atoms with Gasteiger partial charge in [0.25, 0.3) is 0 Å². The molecule has 1 aliphatic heterocycles. The van der Waals surface area contributed by atoms with Crippen molar-refractivity contribution >= 4 is 5.78 Å². The number of Topliss-reactive ketones (excluding diaryl/α,β-unsaturated/α-hetero) is 1. The minimum atomic E-state index is -0.0758. The lowest BCUT2D eigenvalue weighted by Gasteiger charge is -2.18. The third-order valence-corrected chi connectivity index (χ3v) is 3.65. The Balaban J connectivity index is 2.34. The standard InChI is InChI=1S/C14H22N2O3/c1-5-11-10(6-7-19-11)14(17)13-12(18-4)8-15-16(13)9(2)3/h8-11H,5-7H2,1-4H3. The van der Waals surface area contributed by atoms with Crippen molar-refractivity contribution in [1.29, 1.82) is 0 Å². The molecule has 1 fully saturated rings. The molecule has 0 N–H and O–H groups in total. The topological polar surface area (TPSA) is 53.4 Å². The zero-order chi connectivity index (χ0) is 14.0. The first kappa shape index (κ1) is 14.1. The molecule has 1 saturated heterocycles. The molecule has 0 amide bonds. The molecule has 1 aromatic rings. The second-order valence-corrected chi connectivity index (χ2v) is 5.18. The van der Waals surface area contributed by atoms with Crippen molar-refractivity contribution in [2.45, 2.75) is 45.8 Å². The van der Waals surface area contributed by atoms with E-state index in [0.29, 0.717) is 18.1 Å². The van der Waals surface area contributed by atoms with Crippen LogP contribution in [0.15, 0.2) is 6.20 Å². The van der Waals surface area contributed by atoms with Gasteiger partial charge in [-0.2, -0.15) is 5.10 Å². The summed E-state index contributed by atoms with van der Waals surface area (Å²) in [5.74, 6) is 0.570. The van der Waals surface area contributed by atoms with Crippen molar-refractivity contribution in [3.05, 3.63) is 11.9 Å². The average Bonchev–Trinajstić information content (AvgIpc) is 3.03. The number of nitrogens with zero attached hydrogens (tertiary/aromatic N) is 2. The van der Waals surface area contributed by atoms with Crippen LogP contribution in [0, 0.1) is 5.92 Å². The number of methoxy groups -OCH3 is 1. The molecule has 2 heterocycles. The predicted octanol–water partition coefficient (Wildman–Crippen LogP) is 2.47. The molecule has 0 radical (unpaired) electrons. The Morgan fingerprint density at radius 3 is 2.95 bits per heavy atom. The first-order chi connectivity index (χ1) is 9.10. The van der Waals surface area contributed by atoms with Gasteiger partial charge in [-0.05, 0) is 26.7 Å². The van der Waals surface area contributed by atoms with Gasteiger partial charge >= 0.3 is 0 Å². The molecule has 0 aliphatic carbocycles. The van der Waals surface area contributed by atoms with Gasteiger partial charge in [-0.3, -0.25) is 9.48 Å². The van der Waals surface area contributed by atoms with Gasteiger partial charge in [0.1, 0.15) is 5.69 Å². The van der Waals surface area contributed by atoms with Crippen LogP contribution < -0.4 is 4.74 Å². The maximum absolute atomic E-state index is 12.8. The number of carbonyl (C=O) groups excluding carboxylic acids is 1. The highest BCUT2D eigenvalue weighted by Gasteiger charge is 2.36. The first-order valence-corrected chi connectivity index (χ1v) is 6.87. The Bertz CT molecular complexity index is 454. The second-order valence-electron chi connectivity index (χ2n) is 5.18. The molecule has 2 atom stereocenters. The van der Waals surface area contributed by atoms with E-state index < -0.39 is 0 Å². The summed E-state index contributed by atoms with van der Waals surface area (Å²) in [6.45, 7) is 6.72.